The van der Waals surface area contributed by atoms with Crippen molar-refractivity contribution in [3.8, 4) is 0 Å². The van der Waals surface area contributed by atoms with Crippen molar-refractivity contribution in [3.05, 3.63) is 35.4 Å². The van der Waals surface area contributed by atoms with Crippen molar-refractivity contribution in [2.75, 3.05) is 40.5 Å². The van der Waals surface area contributed by atoms with Gasteiger partial charge in [0.1, 0.15) is 11.6 Å². The van der Waals surface area contributed by atoms with Crippen LogP contribution in [0, 0.1) is 11.6 Å². The van der Waals surface area contributed by atoms with Crippen molar-refractivity contribution in [1.29, 1.82) is 0 Å². The number of nitrogens with one attached hydrogen (secondary N) is 1. The second kappa shape index (κ2) is 9.79. The lowest BCUT2D eigenvalue weighted by Crippen LogP contribution is -2.51. The van der Waals surface area contributed by atoms with E-state index in [1.54, 1.807) is 0 Å². The first-order valence-electron chi connectivity index (χ1n) is 8.53. The summed E-state index contributed by atoms with van der Waals surface area (Å²) in [6.45, 7) is 2.41. The molecule has 1 saturated heterocycles. The SMILES string of the molecule is CN(C)CCO[C@H]1CCOC[C@H]1NC(=O)CCc1ccc(F)cc1F. The molecule has 140 valence electrons. The van der Waals surface area contributed by atoms with Crippen LogP contribution >= 0.6 is 0 Å². The lowest BCUT2D eigenvalue weighted by atomic mass is 10.1. The van der Waals surface area contributed by atoms with Gasteiger partial charge in [0.2, 0.25) is 5.91 Å². The van der Waals surface area contributed by atoms with E-state index in [0.29, 0.717) is 25.4 Å². The predicted molar refractivity (Wildman–Crippen MR) is 90.3 cm³/mol. The first-order valence-corrected chi connectivity index (χ1v) is 8.53. The van der Waals surface area contributed by atoms with Crippen molar-refractivity contribution in [2.45, 2.75) is 31.4 Å². The Morgan fingerprint density at radius 3 is 2.92 bits per heavy atom. The molecule has 1 fully saturated rings. The lowest BCUT2D eigenvalue weighted by molar-refractivity contribution is -0.126. The monoisotopic (exact) mass is 356 g/mol. The van der Waals surface area contributed by atoms with Gasteiger partial charge in [-0.3, -0.25) is 4.79 Å². The lowest BCUT2D eigenvalue weighted by Gasteiger charge is -2.32. The predicted octanol–water partition coefficient (Wildman–Crippen LogP) is 1.75. The highest BCUT2D eigenvalue weighted by molar-refractivity contribution is 5.76. The highest BCUT2D eigenvalue weighted by Gasteiger charge is 2.27. The van der Waals surface area contributed by atoms with Crippen LogP contribution in [0.1, 0.15) is 18.4 Å². The molecule has 0 radical (unpaired) electrons. The van der Waals surface area contributed by atoms with Crippen LogP contribution < -0.4 is 5.32 Å². The quantitative estimate of drug-likeness (QED) is 0.771. The van der Waals surface area contributed by atoms with E-state index in [-0.39, 0.29) is 30.9 Å². The molecule has 0 saturated carbocycles. The smallest absolute Gasteiger partial charge is 0.220 e. The fraction of sp³-hybridized carbons (Fsp3) is 0.611. The fourth-order valence-corrected chi connectivity index (χ4v) is 2.69. The van der Waals surface area contributed by atoms with E-state index in [2.05, 4.69) is 5.32 Å². The zero-order valence-corrected chi connectivity index (χ0v) is 14.8. The molecule has 2 atom stereocenters. The summed E-state index contributed by atoms with van der Waals surface area (Å²) in [6, 6.07) is 3.19. The van der Waals surface area contributed by atoms with Crippen LogP contribution in [0.2, 0.25) is 0 Å². The van der Waals surface area contributed by atoms with Crippen LogP contribution in [-0.4, -0.2) is 63.4 Å². The van der Waals surface area contributed by atoms with E-state index in [1.807, 2.05) is 19.0 Å². The minimum absolute atomic E-state index is 0.0831. The van der Waals surface area contributed by atoms with Crippen LogP contribution in [0.3, 0.4) is 0 Å². The summed E-state index contributed by atoms with van der Waals surface area (Å²) in [4.78, 5) is 14.2. The Balaban J connectivity index is 1.80. The number of ether oxygens (including phenoxy) is 2. The largest absolute Gasteiger partial charge is 0.379 e. The Hall–Kier alpha value is -1.57. The normalized spacial score (nSPS) is 20.7. The van der Waals surface area contributed by atoms with Crippen molar-refractivity contribution in [2.24, 2.45) is 0 Å². The van der Waals surface area contributed by atoms with Gasteiger partial charge in [-0.05, 0) is 38.6 Å². The molecule has 1 N–H and O–H groups in total. The van der Waals surface area contributed by atoms with Gasteiger partial charge in [-0.2, -0.15) is 0 Å². The summed E-state index contributed by atoms with van der Waals surface area (Å²) in [6.07, 6.45) is 0.992. The second-order valence-corrected chi connectivity index (χ2v) is 6.49. The third kappa shape index (κ3) is 6.68. The van der Waals surface area contributed by atoms with Gasteiger partial charge < -0.3 is 19.7 Å². The minimum atomic E-state index is -0.626. The summed E-state index contributed by atoms with van der Waals surface area (Å²) in [5.74, 6) is -1.44. The standard InChI is InChI=1S/C18H26F2N2O3/c1-22(2)8-10-25-17-7-9-24-12-16(17)21-18(23)6-4-13-3-5-14(19)11-15(13)20/h3,5,11,16-17H,4,6-10,12H2,1-2H3,(H,21,23)/t16-,17+/m1/s1. The zero-order chi connectivity index (χ0) is 18.2. The number of hydrogen-bond donors (Lipinski definition) is 1. The van der Waals surface area contributed by atoms with E-state index in [4.69, 9.17) is 9.47 Å². The van der Waals surface area contributed by atoms with Crippen molar-refractivity contribution < 1.29 is 23.0 Å². The molecular weight excluding hydrogens is 330 g/mol. The van der Waals surface area contributed by atoms with Crippen LogP contribution in [0.15, 0.2) is 18.2 Å². The van der Waals surface area contributed by atoms with Gasteiger partial charge >= 0.3 is 0 Å². The van der Waals surface area contributed by atoms with Crippen LogP contribution in [0.5, 0.6) is 0 Å². The third-order valence-electron chi connectivity index (χ3n) is 4.15. The molecule has 1 aliphatic heterocycles. The number of likely N-dealkylation sites (N-methyl/N-ethyl adjacent to an activating group) is 1. The molecule has 25 heavy (non-hydrogen) atoms. The second-order valence-electron chi connectivity index (χ2n) is 6.49. The number of aryl methyl sites for hydroxylation is 1. The summed E-state index contributed by atoms with van der Waals surface area (Å²) in [5, 5.41) is 2.91. The third-order valence-corrected chi connectivity index (χ3v) is 4.15. The van der Waals surface area contributed by atoms with Crippen LogP contribution in [-0.2, 0) is 20.7 Å². The fourth-order valence-electron chi connectivity index (χ4n) is 2.69. The first kappa shape index (κ1) is 19.8. The molecule has 1 aromatic carbocycles. The molecule has 5 nitrogen and oxygen atoms in total. The highest BCUT2D eigenvalue weighted by Crippen LogP contribution is 2.14. The summed E-state index contributed by atoms with van der Waals surface area (Å²) in [7, 11) is 3.95. The molecule has 0 unspecified atom stereocenters. The Kier molecular flexibility index (Phi) is 7.74. The molecular formula is C18H26F2N2O3. The number of hydrogen-bond acceptors (Lipinski definition) is 4. The Labute approximate surface area is 147 Å². The minimum Gasteiger partial charge on any atom is -0.379 e. The van der Waals surface area contributed by atoms with Crippen molar-refractivity contribution in [3.63, 3.8) is 0 Å². The van der Waals surface area contributed by atoms with Gasteiger partial charge in [0.15, 0.2) is 0 Å². The number of benzene rings is 1. The van der Waals surface area contributed by atoms with Gasteiger partial charge in [-0.15, -0.1) is 0 Å². The highest BCUT2D eigenvalue weighted by atomic mass is 19.1. The maximum absolute atomic E-state index is 13.6. The van der Waals surface area contributed by atoms with Gasteiger partial charge in [0, 0.05) is 25.6 Å². The average Bonchev–Trinajstić information content (AvgIpc) is 2.55. The summed E-state index contributed by atoms with van der Waals surface area (Å²) in [5.41, 5.74) is 0.329. The number of carbonyl (C=O) groups is 1. The molecule has 2 rings (SSSR count). The van der Waals surface area contributed by atoms with E-state index in [9.17, 15) is 13.6 Å². The Morgan fingerprint density at radius 2 is 2.20 bits per heavy atom. The van der Waals surface area contributed by atoms with Gasteiger partial charge in [-0.25, -0.2) is 8.78 Å². The maximum Gasteiger partial charge on any atom is 0.220 e. The maximum atomic E-state index is 13.6. The molecule has 0 aromatic heterocycles. The molecule has 1 aromatic rings. The van der Waals surface area contributed by atoms with Crippen LogP contribution in [0.25, 0.3) is 0 Å². The van der Waals surface area contributed by atoms with Gasteiger partial charge in [0.25, 0.3) is 0 Å². The van der Waals surface area contributed by atoms with Crippen molar-refractivity contribution >= 4 is 5.91 Å². The molecule has 0 aliphatic carbocycles. The van der Waals surface area contributed by atoms with Gasteiger partial charge in [0.05, 0.1) is 25.4 Å². The Morgan fingerprint density at radius 1 is 1.40 bits per heavy atom. The van der Waals surface area contributed by atoms with E-state index in [0.717, 1.165) is 19.0 Å². The topological polar surface area (TPSA) is 50.8 Å². The molecule has 1 heterocycles. The molecule has 0 spiro atoms. The van der Waals surface area contributed by atoms with E-state index >= 15 is 0 Å². The van der Waals surface area contributed by atoms with E-state index < -0.39 is 11.6 Å². The van der Waals surface area contributed by atoms with Crippen LogP contribution in [0.4, 0.5) is 8.78 Å². The molecule has 1 amide bonds. The number of carbonyl (C=O) groups excluding carboxylic acids is 1. The van der Waals surface area contributed by atoms with E-state index in [1.165, 1.54) is 12.1 Å². The number of nitrogens with zero attached hydrogens (tertiary/aromatic N) is 1. The summed E-state index contributed by atoms with van der Waals surface area (Å²) < 4.78 is 37.8. The number of halogens is 2. The number of rotatable bonds is 8. The first-order chi connectivity index (χ1) is 12.0. The van der Waals surface area contributed by atoms with Crippen molar-refractivity contribution in [1.82, 2.24) is 10.2 Å². The number of amides is 1. The zero-order valence-electron chi connectivity index (χ0n) is 14.8. The molecule has 7 heteroatoms. The Bertz CT molecular complexity index is 569. The molecule has 1 aliphatic rings. The summed E-state index contributed by atoms with van der Waals surface area (Å²) >= 11 is 0. The molecule has 0 bridgehead atoms. The van der Waals surface area contributed by atoms with Gasteiger partial charge in [-0.1, -0.05) is 6.07 Å². The average molecular weight is 356 g/mol.